The van der Waals surface area contributed by atoms with E-state index in [9.17, 15) is 32.6 Å². The molecule has 3 rings (SSSR count). The monoisotopic (exact) mass is 404 g/mol. The van der Waals surface area contributed by atoms with Crippen molar-refractivity contribution in [2.75, 3.05) is 18.2 Å². The first-order chi connectivity index (χ1) is 12.2. The summed E-state index contributed by atoms with van der Waals surface area (Å²) < 4.78 is 39.6. The van der Waals surface area contributed by atoms with E-state index in [1.165, 1.54) is 11.8 Å². The Balaban J connectivity index is 1.90. The fourth-order valence-corrected chi connectivity index (χ4v) is 5.86. The number of halogens is 1. The quantitative estimate of drug-likeness (QED) is 0.722. The number of rotatable bonds is 4. The van der Waals surface area contributed by atoms with Gasteiger partial charge in [0.2, 0.25) is 15.9 Å². The Labute approximate surface area is 153 Å². The molecule has 0 saturated carbocycles. The van der Waals surface area contributed by atoms with Crippen LogP contribution in [0.25, 0.3) is 0 Å². The van der Waals surface area contributed by atoms with E-state index in [0.29, 0.717) is 0 Å². The summed E-state index contributed by atoms with van der Waals surface area (Å²) in [6.45, 7) is -0.283. The third-order valence-electron chi connectivity index (χ3n) is 4.39. The Morgan fingerprint density at radius 1 is 1.19 bits per heavy atom. The van der Waals surface area contributed by atoms with Gasteiger partial charge < -0.3 is 15.1 Å². The van der Waals surface area contributed by atoms with Gasteiger partial charge >= 0.3 is 5.97 Å². The van der Waals surface area contributed by atoms with Crippen LogP contribution in [0.2, 0.25) is 0 Å². The first kappa shape index (κ1) is 19.1. The number of aliphatic carboxylic acids is 1. The van der Waals surface area contributed by atoms with Gasteiger partial charge in [0.25, 0.3) is 0 Å². The van der Waals surface area contributed by atoms with Gasteiger partial charge in [-0.25, -0.2) is 17.6 Å². The second kappa shape index (κ2) is 7.14. The van der Waals surface area contributed by atoms with Crippen LogP contribution in [0, 0.1) is 5.82 Å². The Bertz CT molecular complexity index is 816. The maximum Gasteiger partial charge on any atom is 0.327 e. The number of β-amino-alcohol motifs (C(OH)–C–C–N with tert-alkyl or cyclic N) is 1. The minimum absolute atomic E-state index is 0.118. The molecule has 3 atom stereocenters. The number of carbonyl (C=O) groups excluding carboxylic acids is 1. The van der Waals surface area contributed by atoms with Crippen LogP contribution in [0.15, 0.2) is 29.2 Å². The third kappa shape index (κ3) is 3.43. The highest BCUT2D eigenvalue weighted by Crippen LogP contribution is 2.30. The molecule has 0 bridgehead atoms. The van der Waals surface area contributed by atoms with Gasteiger partial charge in [0.05, 0.1) is 16.9 Å². The molecular weight excluding hydrogens is 387 g/mol. The lowest BCUT2D eigenvalue weighted by Gasteiger charge is -2.28. The molecule has 0 aliphatic carbocycles. The van der Waals surface area contributed by atoms with E-state index in [4.69, 9.17) is 0 Å². The van der Waals surface area contributed by atoms with Crippen molar-refractivity contribution >= 4 is 33.7 Å². The fraction of sp³-hybridized carbons (Fsp3) is 0.467. The summed E-state index contributed by atoms with van der Waals surface area (Å²) in [7, 11) is -4.14. The topological polar surface area (TPSA) is 115 Å². The van der Waals surface area contributed by atoms with E-state index in [-0.39, 0.29) is 29.5 Å². The number of nitrogens with zero attached hydrogens (tertiary/aromatic N) is 2. The highest BCUT2D eigenvalue weighted by atomic mass is 32.2. The molecule has 11 heteroatoms. The van der Waals surface area contributed by atoms with Gasteiger partial charge in [0, 0.05) is 18.7 Å². The molecule has 2 aliphatic rings. The zero-order chi connectivity index (χ0) is 19.1. The standard InChI is InChI=1S/C15H17FN2O6S2/c16-9-1-3-11(4-2-9)26(23,24)18-6-10(19)5-12(18)14(20)17-8-25-7-13(17)15(21)22/h1-4,10,12-13,19H,5-8H2,(H,21,22)/t10-,12+,13-/m0/s1. The van der Waals surface area contributed by atoms with Crippen molar-refractivity contribution in [2.45, 2.75) is 29.5 Å². The van der Waals surface area contributed by atoms with Crippen LogP contribution in [0.4, 0.5) is 4.39 Å². The van der Waals surface area contributed by atoms with E-state index >= 15 is 0 Å². The first-order valence-electron chi connectivity index (χ1n) is 7.78. The molecule has 8 nitrogen and oxygen atoms in total. The average molecular weight is 404 g/mol. The summed E-state index contributed by atoms with van der Waals surface area (Å²) in [5.74, 6) is -2.04. The maximum absolute atomic E-state index is 13.1. The average Bonchev–Trinajstić information content (AvgIpc) is 3.21. The minimum Gasteiger partial charge on any atom is -0.480 e. The SMILES string of the molecule is O=C(O)[C@@H]1CSCN1C(=O)[C@H]1C[C@H](O)CN1S(=O)(=O)c1ccc(F)cc1. The number of carboxylic acids is 1. The molecule has 0 unspecified atom stereocenters. The predicted octanol–water partition coefficient (Wildman–Crippen LogP) is -0.0643. The summed E-state index contributed by atoms with van der Waals surface area (Å²) in [6.07, 6.45) is -1.16. The molecule has 2 heterocycles. The number of sulfonamides is 1. The second-order valence-corrected chi connectivity index (χ2v) is 8.99. The van der Waals surface area contributed by atoms with Crippen molar-refractivity contribution in [1.82, 2.24) is 9.21 Å². The molecule has 0 radical (unpaired) electrons. The largest absolute Gasteiger partial charge is 0.480 e. The highest BCUT2D eigenvalue weighted by Gasteiger charge is 2.47. The molecule has 0 spiro atoms. The van der Waals surface area contributed by atoms with Crippen molar-refractivity contribution < 1.29 is 32.6 Å². The van der Waals surface area contributed by atoms with Crippen LogP contribution >= 0.6 is 11.8 Å². The Hall–Kier alpha value is -1.69. The summed E-state index contributed by atoms with van der Waals surface area (Å²) in [5, 5.41) is 19.2. The predicted molar refractivity (Wildman–Crippen MR) is 90.3 cm³/mol. The summed E-state index contributed by atoms with van der Waals surface area (Å²) in [5.41, 5.74) is 0. The normalized spacial score (nSPS) is 27.0. The van der Waals surface area contributed by atoms with E-state index < -0.39 is 45.9 Å². The zero-order valence-electron chi connectivity index (χ0n) is 13.5. The Kier molecular flexibility index (Phi) is 5.24. The molecule has 2 N–H and O–H groups in total. The Morgan fingerprint density at radius 3 is 2.46 bits per heavy atom. The summed E-state index contributed by atoms with van der Waals surface area (Å²) in [6, 6.07) is 1.94. The lowest BCUT2D eigenvalue weighted by atomic mass is 10.1. The molecule has 0 aromatic heterocycles. The molecule has 1 amide bonds. The molecule has 2 saturated heterocycles. The molecule has 1 aromatic carbocycles. The molecule has 142 valence electrons. The van der Waals surface area contributed by atoms with Gasteiger partial charge in [0.15, 0.2) is 0 Å². The Morgan fingerprint density at radius 2 is 1.85 bits per heavy atom. The van der Waals surface area contributed by atoms with Crippen molar-refractivity contribution in [1.29, 1.82) is 0 Å². The number of hydrogen-bond donors (Lipinski definition) is 2. The van der Waals surface area contributed by atoms with Crippen LogP contribution < -0.4 is 0 Å². The smallest absolute Gasteiger partial charge is 0.327 e. The van der Waals surface area contributed by atoms with Crippen LogP contribution in [0.1, 0.15) is 6.42 Å². The van der Waals surface area contributed by atoms with Crippen LogP contribution in [0.3, 0.4) is 0 Å². The molecule has 1 aromatic rings. The van der Waals surface area contributed by atoms with Gasteiger partial charge in [-0.3, -0.25) is 4.79 Å². The zero-order valence-corrected chi connectivity index (χ0v) is 15.1. The lowest BCUT2D eigenvalue weighted by Crippen LogP contribution is -2.51. The lowest BCUT2D eigenvalue weighted by molar-refractivity contribution is -0.149. The van der Waals surface area contributed by atoms with E-state index in [1.54, 1.807) is 0 Å². The van der Waals surface area contributed by atoms with Crippen molar-refractivity contribution in [3.63, 3.8) is 0 Å². The maximum atomic E-state index is 13.1. The highest BCUT2D eigenvalue weighted by molar-refractivity contribution is 7.99. The van der Waals surface area contributed by atoms with Gasteiger partial charge in [-0.15, -0.1) is 11.8 Å². The number of aliphatic hydroxyl groups excluding tert-OH is 1. The number of thioether (sulfide) groups is 1. The van der Waals surface area contributed by atoms with E-state index in [1.807, 2.05) is 0 Å². The van der Waals surface area contributed by atoms with Crippen LogP contribution in [0.5, 0.6) is 0 Å². The van der Waals surface area contributed by atoms with Crippen LogP contribution in [-0.2, 0) is 19.6 Å². The minimum atomic E-state index is -4.14. The number of carboxylic acid groups (broad SMARTS) is 1. The van der Waals surface area contributed by atoms with Gasteiger partial charge in [-0.2, -0.15) is 4.31 Å². The third-order valence-corrected chi connectivity index (χ3v) is 7.29. The molecular formula is C15H17FN2O6S2. The van der Waals surface area contributed by atoms with Crippen molar-refractivity contribution in [3.8, 4) is 0 Å². The van der Waals surface area contributed by atoms with Gasteiger partial charge in [0.1, 0.15) is 17.9 Å². The summed E-state index contributed by atoms with van der Waals surface area (Å²) in [4.78, 5) is 25.1. The van der Waals surface area contributed by atoms with Crippen molar-refractivity contribution in [2.24, 2.45) is 0 Å². The summed E-state index contributed by atoms with van der Waals surface area (Å²) >= 11 is 1.27. The molecule has 2 aliphatic heterocycles. The number of carbonyl (C=O) groups is 2. The number of aliphatic hydroxyl groups is 1. The van der Waals surface area contributed by atoms with Crippen molar-refractivity contribution in [3.05, 3.63) is 30.1 Å². The first-order valence-corrected chi connectivity index (χ1v) is 10.4. The van der Waals surface area contributed by atoms with Gasteiger partial charge in [-0.1, -0.05) is 0 Å². The molecule has 2 fully saturated rings. The van der Waals surface area contributed by atoms with E-state index in [2.05, 4.69) is 0 Å². The number of benzene rings is 1. The second-order valence-electron chi connectivity index (χ2n) is 6.10. The fourth-order valence-electron chi connectivity index (χ4n) is 3.07. The number of hydrogen-bond acceptors (Lipinski definition) is 6. The molecule has 26 heavy (non-hydrogen) atoms. The van der Waals surface area contributed by atoms with E-state index in [0.717, 1.165) is 33.5 Å². The van der Waals surface area contributed by atoms with Crippen LogP contribution in [-0.4, -0.2) is 76.1 Å². The van der Waals surface area contributed by atoms with Gasteiger partial charge in [-0.05, 0) is 24.3 Å². The number of amides is 1.